The molecule has 0 unspecified atom stereocenters. The first-order chi connectivity index (χ1) is 13.5. The van der Waals surface area contributed by atoms with Gasteiger partial charge in [-0.25, -0.2) is 9.37 Å². The molecule has 1 heterocycles. The molecule has 1 aromatic heterocycles. The first-order valence-corrected chi connectivity index (χ1v) is 8.34. The third kappa shape index (κ3) is 3.18. The van der Waals surface area contributed by atoms with Gasteiger partial charge < -0.3 is 9.47 Å². The summed E-state index contributed by atoms with van der Waals surface area (Å²) in [6.45, 7) is 0.0202. The smallest absolute Gasteiger partial charge is 0.309 e. The van der Waals surface area contributed by atoms with Gasteiger partial charge in [-0.15, -0.1) is 0 Å². The summed E-state index contributed by atoms with van der Waals surface area (Å²) in [5.74, 6) is -0.307. The second-order valence-corrected chi connectivity index (χ2v) is 6.19. The van der Waals surface area contributed by atoms with E-state index in [2.05, 4.69) is 9.97 Å². The zero-order chi connectivity index (χ0) is 19.8. The Morgan fingerprint density at radius 1 is 1.11 bits per heavy atom. The molecule has 136 valence electrons. The van der Waals surface area contributed by atoms with Crippen LogP contribution in [0.3, 0.4) is 0 Å². The molecule has 0 aliphatic carbocycles. The Morgan fingerprint density at radius 2 is 1.96 bits per heavy atom. The third-order valence-corrected chi connectivity index (χ3v) is 4.44. The number of benzene rings is 3. The van der Waals surface area contributed by atoms with E-state index >= 15 is 4.39 Å². The highest BCUT2D eigenvalue weighted by Crippen LogP contribution is 2.39. The normalized spacial score (nSPS) is 11.8. The molecule has 27 heavy (non-hydrogen) atoms. The van der Waals surface area contributed by atoms with Gasteiger partial charge in [-0.2, -0.15) is 9.37 Å². The van der Waals surface area contributed by atoms with Crippen LogP contribution in [0.15, 0.2) is 48.6 Å². The van der Waals surface area contributed by atoms with Crippen molar-refractivity contribution in [1.29, 1.82) is 0 Å². The van der Waals surface area contributed by atoms with Crippen molar-refractivity contribution in [3.63, 3.8) is 0 Å². The molecular formula is C20H13ClF2N2O2. The van der Waals surface area contributed by atoms with Gasteiger partial charge in [-0.05, 0) is 29.1 Å². The van der Waals surface area contributed by atoms with Crippen LogP contribution in [-0.4, -0.2) is 23.9 Å². The molecule has 4 nitrogen and oxygen atoms in total. The molecule has 0 N–H and O–H groups in total. The molecule has 0 amide bonds. The molecule has 0 saturated carbocycles. The Hall–Kier alpha value is -2.83. The minimum atomic E-state index is -1.16. The highest BCUT2D eigenvalue weighted by molar-refractivity contribution is 6.36. The van der Waals surface area contributed by atoms with Crippen molar-refractivity contribution >= 4 is 33.3 Å². The van der Waals surface area contributed by atoms with Crippen molar-refractivity contribution in [2.75, 3.05) is 13.9 Å². The fourth-order valence-corrected chi connectivity index (χ4v) is 3.26. The molecule has 7 heteroatoms. The Kier molecular flexibility index (Phi) is 4.27. The van der Waals surface area contributed by atoms with Gasteiger partial charge in [0.05, 0.1) is 1.37 Å². The number of aromatic nitrogens is 2. The van der Waals surface area contributed by atoms with Crippen LogP contribution in [-0.2, 0) is 4.74 Å². The van der Waals surface area contributed by atoms with Gasteiger partial charge >= 0.3 is 6.08 Å². The summed E-state index contributed by atoms with van der Waals surface area (Å²) < 4.78 is 47.1. The van der Waals surface area contributed by atoms with Gasteiger partial charge in [0.1, 0.15) is 11.3 Å². The molecule has 0 radical (unpaired) electrons. The maximum absolute atomic E-state index is 15.3. The lowest BCUT2D eigenvalue weighted by Crippen LogP contribution is -2.00. The van der Waals surface area contributed by atoms with Crippen molar-refractivity contribution < 1.29 is 19.6 Å². The number of methoxy groups -OCH3 is 1. The fraction of sp³-hybridized carbons (Fsp3) is 0.100. The van der Waals surface area contributed by atoms with E-state index < -0.39 is 11.9 Å². The summed E-state index contributed by atoms with van der Waals surface area (Å²) in [5, 5.41) is 1.91. The van der Waals surface area contributed by atoms with E-state index in [4.69, 9.17) is 22.4 Å². The summed E-state index contributed by atoms with van der Waals surface area (Å²) in [4.78, 5) is 6.86. The van der Waals surface area contributed by atoms with Gasteiger partial charge in [-0.3, -0.25) is 0 Å². The quantitative estimate of drug-likeness (QED) is 0.349. The van der Waals surface area contributed by atoms with Crippen LogP contribution < -0.4 is 4.74 Å². The van der Waals surface area contributed by atoms with Gasteiger partial charge in [-0.1, -0.05) is 35.9 Å². The van der Waals surface area contributed by atoms with Gasteiger partial charge in [0.15, 0.2) is 12.6 Å². The second-order valence-electron chi connectivity index (χ2n) is 5.79. The van der Waals surface area contributed by atoms with E-state index in [9.17, 15) is 4.39 Å². The van der Waals surface area contributed by atoms with Gasteiger partial charge in [0.2, 0.25) is 0 Å². The molecule has 0 fully saturated rings. The maximum Gasteiger partial charge on any atom is 0.309 e. The van der Waals surface area contributed by atoms with Gasteiger partial charge in [0, 0.05) is 34.6 Å². The van der Waals surface area contributed by atoms with Crippen LogP contribution in [0, 0.1) is 11.9 Å². The van der Waals surface area contributed by atoms with Gasteiger partial charge in [0.25, 0.3) is 0 Å². The van der Waals surface area contributed by atoms with E-state index in [1.165, 1.54) is 19.2 Å². The molecule has 3 aromatic carbocycles. The first-order valence-electron chi connectivity index (χ1n) is 8.46. The Bertz CT molecular complexity index is 1220. The maximum atomic E-state index is 15.3. The van der Waals surface area contributed by atoms with E-state index in [0.29, 0.717) is 21.7 Å². The summed E-state index contributed by atoms with van der Waals surface area (Å²) in [7, 11) is 1.49. The highest BCUT2D eigenvalue weighted by atomic mass is 35.5. The van der Waals surface area contributed by atoms with Crippen LogP contribution in [0.2, 0.25) is 5.02 Å². The summed E-state index contributed by atoms with van der Waals surface area (Å²) >= 11 is 6.39. The number of halogens is 3. The largest absolute Gasteiger partial charge is 0.468 e. The van der Waals surface area contributed by atoms with Crippen LogP contribution in [0.5, 0.6) is 5.75 Å². The van der Waals surface area contributed by atoms with Crippen molar-refractivity contribution in [3.8, 4) is 16.9 Å². The third-order valence-electron chi connectivity index (χ3n) is 4.12. The molecule has 0 bridgehead atoms. The van der Waals surface area contributed by atoms with Crippen molar-refractivity contribution in [2.45, 2.75) is 0 Å². The Morgan fingerprint density at radius 3 is 2.78 bits per heavy atom. The Labute approximate surface area is 159 Å². The summed E-state index contributed by atoms with van der Waals surface area (Å²) in [6.07, 6.45) is -1.54. The van der Waals surface area contributed by atoms with E-state index in [1.54, 1.807) is 24.3 Å². The van der Waals surface area contributed by atoms with E-state index in [0.717, 1.165) is 5.39 Å². The lowest BCUT2D eigenvalue weighted by molar-refractivity contribution is 0.0512. The lowest BCUT2D eigenvalue weighted by Gasteiger charge is -2.14. The summed E-state index contributed by atoms with van der Waals surface area (Å²) in [5.41, 5.74) is 0.350. The molecule has 0 aliphatic heterocycles. The molecule has 0 atom stereocenters. The van der Waals surface area contributed by atoms with Crippen molar-refractivity contribution in [1.82, 2.24) is 9.97 Å². The number of ether oxygens (including phenoxy) is 2. The van der Waals surface area contributed by atoms with Crippen molar-refractivity contribution in [3.05, 3.63) is 65.6 Å². The zero-order valence-corrected chi connectivity index (χ0v) is 14.8. The number of hydrogen-bond donors (Lipinski definition) is 0. The fourth-order valence-electron chi connectivity index (χ4n) is 2.97. The summed E-state index contributed by atoms with van der Waals surface area (Å²) in [6, 6.07) is 11.7. The van der Waals surface area contributed by atoms with Crippen LogP contribution in [0.1, 0.15) is 1.37 Å². The van der Waals surface area contributed by atoms with Crippen LogP contribution >= 0.6 is 11.6 Å². The minimum Gasteiger partial charge on any atom is -0.468 e. The molecule has 0 spiro atoms. The monoisotopic (exact) mass is 387 g/mol. The average Bonchev–Trinajstić information content (AvgIpc) is 2.67. The molecule has 4 rings (SSSR count). The van der Waals surface area contributed by atoms with E-state index in [1.807, 2.05) is 6.07 Å². The predicted molar refractivity (Wildman–Crippen MR) is 99.9 cm³/mol. The Balaban J connectivity index is 2.04. The topological polar surface area (TPSA) is 44.2 Å². The standard InChI is InChI=1S/C20H13ClF2N2O2/c1-26-10-27-13-7-11-3-2-4-16(21)17(11)15(8-13)14-6-5-12-9-24-20(23)25-19(12)18(14)22/h2-9H,10H2,1H3/i9D. The second kappa shape index (κ2) is 7.06. The first kappa shape index (κ1) is 16.4. The predicted octanol–water partition coefficient (Wildman–Crippen LogP) is 5.36. The zero-order valence-electron chi connectivity index (χ0n) is 15.1. The minimum absolute atomic E-state index is 0.0202. The lowest BCUT2D eigenvalue weighted by atomic mass is 9.96. The number of fused-ring (bicyclic) bond motifs is 2. The van der Waals surface area contributed by atoms with E-state index in [-0.39, 0.29) is 29.4 Å². The number of rotatable bonds is 4. The molecule has 4 aromatic rings. The van der Waals surface area contributed by atoms with Crippen LogP contribution in [0.4, 0.5) is 8.78 Å². The average molecular weight is 388 g/mol. The number of hydrogen-bond acceptors (Lipinski definition) is 4. The SMILES string of the molecule is [2H]c1nc(F)nc2c(F)c(-c3cc(OCOC)cc4cccc(Cl)c34)ccc12. The molecule has 0 saturated heterocycles. The van der Waals surface area contributed by atoms with Crippen LogP contribution in [0.25, 0.3) is 32.8 Å². The molecule has 0 aliphatic rings. The highest BCUT2D eigenvalue weighted by Gasteiger charge is 2.17. The molecular weight excluding hydrogens is 374 g/mol. The number of nitrogens with zero attached hydrogens (tertiary/aromatic N) is 2. The van der Waals surface area contributed by atoms with Crippen molar-refractivity contribution in [2.24, 2.45) is 0 Å².